The van der Waals surface area contributed by atoms with E-state index < -0.39 is 18.0 Å². The van der Waals surface area contributed by atoms with E-state index in [0.29, 0.717) is 0 Å². The van der Waals surface area contributed by atoms with Crippen molar-refractivity contribution in [2.75, 3.05) is 0 Å². The molecule has 0 aliphatic rings. The normalized spacial score (nSPS) is 11.4. The first-order chi connectivity index (χ1) is 5.02. The summed E-state index contributed by atoms with van der Waals surface area (Å²) >= 11 is 0. The molecule has 0 fully saturated rings. The van der Waals surface area contributed by atoms with E-state index in [-0.39, 0.29) is 32.8 Å². The topological polar surface area (TPSA) is 101 Å². The number of rotatable bonds is 5. The number of hydrogen-bond donors (Lipinski definition) is 3. The molecule has 0 rings (SSSR count). The lowest BCUT2D eigenvalue weighted by Gasteiger charge is -2.04. The van der Waals surface area contributed by atoms with Gasteiger partial charge in [-0.05, 0) is 6.42 Å². The average molecular weight is 195 g/mol. The van der Waals surface area contributed by atoms with Gasteiger partial charge in [0.05, 0.1) is 6.42 Å². The molecule has 0 radical (unpaired) electrons. The molecule has 0 spiro atoms. The summed E-state index contributed by atoms with van der Waals surface area (Å²) in [5.41, 5.74) is 5.28. The Morgan fingerprint density at radius 1 is 1.25 bits per heavy atom. The molecule has 1 atom stereocenters. The minimum Gasteiger partial charge on any atom is -0.481 e. The summed E-state index contributed by atoms with van der Waals surface area (Å²) in [6.07, 6.45) is -0.0383. The van der Waals surface area contributed by atoms with Crippen LogP contribution in [0.4, 0.5) is 0 Å². The molecule has 0 aromatic carbocycles. The summed E-state index contributed by atoms with van der Waals surface area (Å²) < 4.78 is 0. The van der Waals surface area contributed by atoms with E-state index in [1.807, 2.05) is 0 Å². The van der Waals surface area contributed by atoms with Crippen molar-refractivity contribution in [3.63, 3.8) is 0 Å². The van der Waals surface area contributed by atoms with E-state index in [0.717, 1.165) is 0 Å². The fourth-order valence-corrected chi connectivity index (χ4v) is 0.635. The summed E-state index contributed by atoms with van der Waals surface area (Å²) in [5, 5.41) is 16.4. The van der Waals surface area contributed by atoms with E-state index >= 15 is 0 Å². The lowest BCUT2D eigenvalue weighted by atomic mass is 10.1. The van der Waals surface area contributed by atoms with E-state index in [1.54, 1.807) is 0 Å². The lowest BCUT2D eigenvalue weighted by Crippen LogP contribution is -2.24. The first kappa shape index (κ1) is 13.8. The van der Waals surface area contributed by atoms with Crippen LogP contribution >= 0.6 is 13.5 Å². The maximum Gasteiger partial charge on any atom is 0.304 e. The molecular weight excluding hydrogens is 182 g/mol. The van der Waals surface area contributed by atoms with E-state index in [2.05, 4.69) is 0 Å². The van der Waals surface area contributed by atoms with Crippen molar-refractivity contribution < 1.29 is 19.8 Å². The highest BCUT2D eigenvalue weighted by Gasteiger charge is 2.09. The molecule has 0 saturated carbocycles. The predicted octanol–water partition coefficient (Wildman–Crippen LogP) is -0.234. The summed E-state index contributed by atoms with van der Waals surface area (Å²) in [7, 11) is 0. The predicted molar refractivity (Wildman–Crippen MR) is 47.5 cm³/mol. The van der Waals surface area contributed by atoms with Crippen LogP contribution in [0, 0.1) is 0 Å². The second kappa shape index (κ2) is 6.93. The summed E-state index contributed by atoms with van der Waals surface area (Å²) in [6.45, 7) is 0. The van der Waals surface area contributed by atoms with Crippen molar-refractivity contribution in [1.82, 2.24) is 0 Å². The third kappa shape index (κ3) is 9.25. The zero-order valence-corrected chi connectivity index (χ0v) is 7.49. The van der Waals surface area contributed by atoms with Crippen LogP contribution < -0.4 is 5.73 Å². The van der Waals surface area contributed by atoms with Gasteiger partial charge in [0.15, 0.2) is 0 Å². The maximum atomic E-state index is 10.0. The Morgan fingerprint density at radius 3 is 2.08 bits per heavy atom. The van der Waals surface area contributed by atoms with Crippen molar-refractivity contribution in [1.29, 1.82) is 0 Å². The van der Waals surface area contributed by atoms with Gasteiger partial charge in [0, 0.05) is 12.5 Å². The van der Waals surface area contributed by atoms with E-state index in [1.165, 1.54) is 0 Å². The van der Waals surface area contributed by atoms with Crippen LogP contribution in [-0.4, -0.2) is 28.2 Å². The van der Waals surface area contributed by atoms with Crippen LogP contribution in [0.3, 0.4) is 0 Å². The van der Waals surface area contributed by atoms with Crippen LogP contribution in [0.25, 0.3) is 0 Å². The Balaban J connectivity index is 0. The molecule has 6 heteroatoms. The second-order valence-corrected chi connectivity index (χ2v) is 2.29. The van der Waals surface area contributed by atoms with Gasteiger partial charge in [0.25, 0.3) is 0 Å². The molecule has 5 nitrogen and oxygen atoms in total. The van der Waals surface area contributed by atoms with Gasteiger partial charge in [-0.15, -0.1) is 0 Å². The van der Waals surface area contributed by atoms with Crippen molar-refractivity contribution in [2.45, 2.75) is 25.3 Å². The molecule has 0 unspecified atom stereocenters. The number of nitrogens with two attached hydrogens (primary N) is 1. The largest absolute Gasteiger partial charge is 0.481 e. The summed E-state index contributed by atoms with van der Waals surface area (Å²) in [5.74, 6) is -1.95. The minimum absolute atomic E-state index is 0. The van der Waals surface area contributed by atoms with Gasteiger partial charge in [0.2, 0.25) is 0 Å². The van der Waals surface area contributed by atoms with Crippen LogP contribution in [-0.2, 0) is 9.59 Å². The Labute approximate surface area is 77.0 Å². The maximum absolute atomic E-state index is 10.0. The third-order valence-electron chi connectivity index (χ3n) is 1.17. The highest BCUT2D eigenvalue weighted by Crippen LogP contribution is 1.98. The van der Waals surface area contributed by atoms with Crippen molar-refractivity contribution >= 4 is 25.4 Å². The van der Waals surface area contributed by atoms with Gasteiger partial charge in [0.1, 0.15) is 0 Å². The lowest BCUT2D eigenvalue weighted by molar-refractivity contribution is -0.139. The number of hydrogen-bond acceptors (Lipinski definition) is 3. The molecule has 0 bridgehead atoms. The van der Waals surface area contributed by atoms with E-state index in [9.17, 15) is 9.59 Å². The Morgan fingerprint density at radius 2 is 1.75 bits per heavy atom. The van der Waals surface area contributed by atoms with Gasteiger partial charge >= 0.3 is 11.9 Å². The van der Waals surface area contributed by atoms with Crippen molar-refractivity contribution in [3.05, 3.63) is 0 Å². The summed E-state index contributed by atoms with van der Waals surface area (Å²) in [4.78, 5) is 20.0. The molecule has 0 saturated heterocycles. The standard InChI is InChI=1S/C6H11NO4.H2S/c7-4(3-6(10)11)1-2-5(8)9;/h4H,1-3,7H2,(H,8,9)(H,10,11);1H2/t4-;/m0./s1. The first-order valence-electron chi connectivity index (χ1n) is 3.21. The highest BCUT2D eigenvalue weighted by atomic mass is 32.1. The molecule has 0 aromatic heterocycles. The molecule has 0 heterocycles. The first-order valence-corrected chi connectivity index (χ1v) is 3.21. The molecule has 12 heavy (non-hydrogen) atoms. The summed E-state index contributed by atoms with van der Waals surface area (Å²) in [6, 6.07) is -0.552. The minimum atomic E-state index is -0.997. The molecule has 72 valence electrons. The number of carboxylic acids is 2. The average Bonchev–Trinajstić information content (AvgIpc) is 1.82. The van der Waals surface area contributed by atoms with Crippen LogP contribution in [0.5, 0.6) is 0 Å². The fourth-order valence-electron chi connectivity index (χ4n) is 0.635. The van der Waals surface area contributed by atoms with E-state index in [4.69, 9.17) is 15.9 Å². The quantitative estimate of drug-likeness (QED) is 0.562. The number of carbonyl (C=O) groups is 2. The molecule has 0 aromatic rings. The second-order valence-electron chi connectivity index (χ2n) is 2.29. The molecule has 4 N–H and O–H groups in total. The highest BCUT2D eigenvalue weighted by molar-refractivity contribution is 7.59. The van der Waals surface area contributed by atoms with Gasteiger partial charge in [-0.2, -0.15) is 13.5 Å². The van der Waals surface area contributed by atoms with Gasteiger partial charge in [-0.1, -0.05) is 0 Å². The number of carboxylic acid groups (broad SMARTS) is 2. The van der Waals surface area contributed by atoms with Gasteiger partial charge in [-0.3, -0.25) is 9.59 Å². The van der Waals surface area contributed by atoms with Crippen molar-refractivity contribution in [3.8, 4) is 0 Å². The number of aliphatic carboxylic acids is 2. The Bertz CT molecular complexity index is 162. The van der Waals surface area contributed by atoms with Gasteiger partial charge in [-0.25, -0.2) is 0 Å². The fraction of sp³-hybridized carbons (Fsp3) is 0.667. The molecule has 0 aliphatic heterocycles. The zero-order chi connectivity index (χ0) is 8.85. The van der Waals surface area contributed by atoms with Crippen LogP contribution in [0.2, 0.25) is 0 Å². The van der Waals surface area contributed by atoms with Crippen LogP contribution in [0.1, 0.15) is 19.3 Å². The Kier molecular flexibility index (Phi) is 7.98. The molecule has 0 aliphatic carbocycles. The Hall–Kier alpha value is -0.750. The van der Waals surface area contributed by atoms with Crippen molar-refractivity contribution in [2.24, 2.45) is 5.73 Å². The zero-order valence-electron chi connectivity index (χ0n) is 6.49. The monoisotopic (exact) mass is 195 g/mol. The molecular formula is C6H13NO4S. The third-order valence-corrected chi connectivity index (χ3v) is 1.17. The molecule has 0 amide bonds. The van der Waals surface area contributed by atoms with Gasteiger partial charge < -0.3 is 15.9 Å². The van der Waals surface area contributed by atoms with Crippen LogP contribution in [0.15, 0.2) is 0 Å². The SMILES string of the molecule is N[C@@H](CCC(=O)O)CC(=O)O.S. The smallest absolute Gasteiger partial charge is 0.304 e.